The summed E-state index contributed by atoms with van der Waals surface area (Å²) in [5.41, 5.74) is -0.246. The third kappa shape index (κ3) is 2.07. The largest absolute Gasteiger partial charge is 0.329 e. The molecule has 4 nitrogen and oxygen atoms in total. The standard InChI is InChI=1S/C16H13FN2O2/c1-16(11-6-3-2-4-7-11)14(20)19(15(21)18-16)13-9-5-8-12(17)10-13/h2-10H,1H3,(H,18,21). The second-order valence-electron chi connectivity index (χ2n) is 5.04. The zero-order valence-electron chi connectivity index (χ0n) is 11.3. The van der Waals surface area contributed by atoms with Crippen LogP contribution in [-0.2, 0) is 10.3 Å². The van der Waals surface area contributed by atoms with Crippen molar-refractivity contribution < 1.29 is 14.0 Å². The summed E-state index contributed by atoms with van der Waals surface area (Å²) in [4.78, 5) is 25.8. The van der Waals surface area contributed by atoms with E-state index in [1.165, 1.54) is 18.2 Å². The summed E-state index contributed by atoms with van der Waals surface area (Å²) in [5.74, 6) is -0.925. The van der Waals surface area contributed by atoms with E-state index in [1.807, 2.05) is 6.07 Å². The first kappa shape index (κ1) is 13.3. The molecule has 0 saturated carbocycles. The van der Waals surface area contributed by atoms with Crippen LogP contribution < -0.4 is 10.2 Å². The molecule has 0 aliphatic carbocycles. The second kappa shape index (κ2) is 4.70. The van der Waals surface area contributed by atoms with Gasteiger partial charge in [-0.25, -0.2) is 14.1 Å². The normalized spacial score (nSPS) is 21.5. The fourth-order valence-electron chi connectivity index (χ4n) is 2.46. The zero-order valence-corrected chi connectivity index (χ0v) is 11.3. The fourth-order valence-corrected chi connectivity index (χ4v) is 2.46. The third-order valence-electron chi connectivity index (χ3n) is 3.61. The maximum Gasteiger partial charge on any atom is 0.329 e. The van der Waals surface area contributed by atoms with Crippen LogP contribution in [0.3, 0.4) is 0 Å². The number of benzene rings is 2. The van der Waals surface area contributed by atoms with Crippen molar-refractivity contribution in [2.75, 3.05) is 4.90 Å². The maximum absolute atomic E-state index is 13.3. The van der Waals surface area contributed by atoms with E-state index in [2.05, 4.69) is 5.32 Å². The smallest absolute Gasteiger partial charge is 0.319 e. The minimum Gasteiger partial charge on any atom is -0.319 e. The Morgan fingerprint density at radius 1 is 1.05 bits per heavy atom. The van der Waals surface area contributed by atoms with Crippen molar-refractivity contribution in [2.45, 2.75) is 12.5 Å². The summed E-state index contributed by atoms with van der Waals surface area (Å²) in [6.07, 6.45) is 0. The Bertz CT molecular complexity index is 717. The van der Waals surface area contributed by atoms with Crippen molar-refractivity contribution in [3.8, 4) is 0 Å². The van der Waals surface area contributed by atoms with Crippen LogP contribution in [0.15, 0.2) is 54.6 Å². The van der Waals surface area contributed by atoms with Crippen LogP contribution in [0.25, 0.3) is 0 Å². The zero-order chi connectivity index (χ0) is 15.0. The number of nitrogens with zero attached hydrogens (tertiary/aromatic N) is 1. The van der Waals surface area contributed by atoms with E-state index in [0.29, 0.717) is 5.56 Å². The summed E-state index contributed by atoms with van der Waals surface area (Å²) >= 11 is 0. The number of imide groups is 1. The maximum atomic E-state index is 13.3. The molecular weight excluding hydrogens is 271 g/mol. The summed E-state index contributed by atoms with van der Waals surface area (Å²) in [7, 11) is 0. The molecule has 5 heteroatoms. The average molecular weight is 284 g/mol. The van der Waals surface area contributed by atoms with Gasteiger partial charge in [0.05, 0.1) is 5.69 Å². The molecule has 2 aromatic rings. The number of urea groups is 1. The quantitative estimate of drug-likeness (QED) is 0.862. The molecule has 1 fully saturated rings. The van der Waals surface area contributed by atoms with Crippen molar-refractivity contribution in [3.63, 3.8) is 0 Å². The molecule has 21 heavy (non-hydrogen) atoms. The highest BCUT2D eigenvalue weighted by molar-refractivity contribution is 6.23. The lowest BCUT2D eigenvalue weighted by molar-refractivity contribution is -0.121. The van der Waals surface area contributed by atoms with E-state index in [4.69, 9.17) is 0 Å². The van der Waals surface area contributed by atoms with E-state index >= 15 is 0 Å². The highest BCUT2D eigenvalue weighted by atomic mass is 19.1. The predicted molar refractivity (Wildman–Crippen MR) is 76.2 cm³/mol. The van der Waals surface area contributed by atoms with Gasteiger partial charge < -0.3 is 5.32 Å². The molecule has 0 aromatic heterocycles. The molecule has 0 bridgehead atoms. The van der Waals surface area contributed by atoms with E-state index in [9.17, 15) is 14.0 Å². The van der Waals surface area contributed by atoms with E-state index in [0.717, 1.165) is 11.0 Å². The van der Waals surface area contributed by atoms with Gasteiger partial charge in [-0.05, 0) is 30.7 Å². The Hall–Kier alpha value is -2.69. The lowest BCUT2D eigenvalue weighted by Crippen LogP contribution is -2.40. The first-order valence-corrected chi connectivity index (χ1v) is 6.50. The Kier molecular flexibility index (Phi) is 2.97. The number of halogens is 1. The van der Waals surface area contributed by atoms with E-state index < -0.39 is 23.3 Å². The first-order valence-electron chi connectivity index (χ1n) is 6.50. The molecule has 0 radical (unpaired) electrons. The lowest BCUT2D eigenvalue weighted by atomic mass is 9.92. The number of nitrogens with one attached hydrogen (secondary N) is 1. The van der Waals surface area contributed by atoms with Gasteiger partial charge >= 0.3 is 6.03 Å². The monoisotopic (exact) mass is 284 g/mol. The minimum absolute atomic E-state index is 0.220. The van der Waals surface area contributed by atoms with Gasteiger partial charge in [0.1, 0.15) is 11.4 Å². The van der Waals surface area contributed by atoms with Gasteiger partial charge in [-0.15, -0.1) is 0 Å². The Labute approximate surface area is 121 Å². The molecule has 1 aliphatic heterocycles. The highest BCUT2D eigenvalue weighted by Crippen LogP contribution is 2.32. The van der Waals surface area contributed by atoms with Gasteiger partial charge in [0.25, 0.3) is 5.91 Å². The van der Waals surface area contributed by atoms with Crippen molar-refractivity contribution in [3.05, 3.63) is 66.0 Å². The van der Waals surface area contributed by atoms with Gasteiger partial charge in [0, 0.05) is 0 Å². The molecule has 3 rings (SSSR count). The van der Waals surface area contributed by atoms with Crippen LogP contribution in [0, 0.1) is 5.82 Å². The number of amides is 3. The van der Waals surface area contributed by atoms with E-state index in [1.54, 1.807) is 31.2 Å². The molecule has 1 heterocycles. The summed E-state index contributed by atoms with van der Waals surface area (Å²) in [6.45, 7) is 1.64. The van der Waals surface area contributed by atoms with E-state index in [-0.39, 0.29) is 5.69 Å². The first-order chi connectivity index (χ1) is 10.0. The number of hydrogen-bond donors (Lipinski definition) is 1. The summed E-state index contributed by atoms with van der Waals surface area (Å²) in [6, 6.07) is 13.8. The minimum atomic E-state index is -1.15. The number of carbonyl (C=O) groups excluding carboxylic acids is 2. The predicted octanol–water partition coefficient (Wildman–Crippen LogP) is 2.80. The molecule has 2 aromatic carbocycles. The van der Waals surface area contributed by atoms with Crippen LogP contribution in [0.5, 0.6) is 0 Å². The van der Waals surface area contributed by atoms with Crippen molar-refractivity contribution in [1.29, 1.82) is 0 Å². The Morgan fingerprint density at radius 2 is 1.76 bits per heavy atom. The molecule has 1 aliphatic rings. The van der Waals surface area contributed by atoms with Crippen LogP contribution >= 0.6 is 0 Å². The fraction of sp³-hybridized carbons (Fsp3) is 0.125. The number of rotatable bonds is 2. The van der Waals surface area contributed by atoms with Crippen LogP contribution in [0.4, 0.5) is 14.9 Å². The lowest BCUT2D eigenvalue weighted by Gasteiger charge is -2.22. The number of hydrogen-bond acceptors (Lipinski definition) is 2. The molecule has 106 valence electrons. The highest BCUT2D eigenvalue weighted by Gasteiger charge is 2.49. The van der Waals surface area contributed by atoms with Gasteiger partial charge in [-0.2, -0.15) is 0 Å². The van der Waals surface area contributed by atoms with Gasteiger partial charge in [0.2, 0.25) is 0 Å². The van der Waals surface area contributed by atoms with Crippen molar-refractivity contribution in [1.82, 2.24) is 5.32 Å². The molecule has 1 unspecified atom stereocenters. The molecule has 1 N–H and O–H groups in total. The second-order valence-corrected chi connectivity index (χ2v) is 5.04. The third-order valence-corrected chi connectivity index (χ3v) is 3.61. The average Bonchev–Trinajstić information content (AvgIpc) is 2.71. The van der Waals surface area contributed by atoms with Crippen LogP contribution in [0.1, 0.15) is 12.5 Å². The Balaban J connectivity index is 2.04. The van der Waals surface area contributed by atoms with Gasteiger partial charge in [-0.1, -0.05) is 36.4 Å². The summed E-state index contributed by atoms with van der Waals surface area (Å²) < 4.78 is 13.3. The van der Waals surface area contributed by atoms with Gasteiger partial charge in [0.15, 0.2) is 0 Å². The van der Waals surface area contributed by atoms with Crippen LogP contribution in [-0.4, -0.2) is 11.9 Å². The van der Waals surface area contributed by atoms with Crippen molar-refractivity contribution in [2.24, 2.45) is 0 Å². The molecule has 1 saturated heterocycles. The topological polar surface area (TPSA) is 49.4 Å². The van der Waals surface area contributed by atoms with Crippen molar-refractivity contribution >= 4 is 17.6 Å². The van der Waals surface area contributed by atoms with Gasteiger partial charge in [-0.3, -0.25) is 4.79 Å². The molecule has 3 amide bonds. The Morgan fingerprint density at radius 3 is 2.43 bits per heavy atom. The SMILES string of the molecule is CC1(c2ccccc2)NC(=O)N(c2cccc(F)c2)C1=O. The molecular formula is C16H13FN2O2. The molecule has 0 spiro atoms. The molecule has 1 atom stereocenters. The summed E-state index contributed by atoms with van der Waals surface area (Å²) in [5, 5.41) is 2.68. The van der Waals surface area contributed by atoms with Crippen LogP contribution in [0.2, 0.25) is 0 Å². The number of carbonyl (C=O) groups is 2. The number of anilines is 1.